The van der Waals surface area contributed by atoms with Crippen molar-refractivity contribution in [1.29, 1.82) is 0 Å². The third-order valence-corrected chi connectivity index (χ3v) is 7.61. The zero-order chi connectivity index (χ0) is 20.6. The normalized spacial score (nSPS) is 21.6. The number of ether oxygens (including phenoxy) is 2. The molecule has 5 rings (SSSR count). The number of morpholine rings is 1. The smallest absolute Gasteiger partial charge is 0.131 e. The predicted molar refractivity (Wildman–Crippen MR) is 116 cm³/mol. The van der Waals surface area contributed by atoms with Crippen molar-refractivity contribution in [2.45, 2.75) is 13.0 Å². The number of aromatic nitrogens is 4. The molecule has 1 atom stereocenters. The molecule has 1 N–H and O–H groups in total. The molecule has 0 spiro atoms. The average molecular weight is 429 g/mol. The monoisotopic (exact) mass is 428 g/mol. The molecule has 3 aromatic heterocycles. The first-order chi connectivity index (χ1) is 14.6. The summed E-state index contributed by atoms with van der Waals surface area (Å²) in [5, 5.41) is 7.85. The van der Waals surface area contributed by atoms with Gasteiger partial charge in [0.05, 0.1) is 65.1 Å². The predicted octanol–water partition coefficient (Wildman–Crippen LogP) is 2.37. The van der Waals surface area contributed by atoms with E-state index in [1.54, 1.807) is 12.4 Å². The van der Waals surface area contributed by atoms with Crippen LogP contribution in [0.15, 0.2) is 35.0 Å². The third-order valence-electron chi connectivity index (χ3n) is 5.47. The molecule has 0 unspecified atom stereocenters. The number of nitrogens with one attached hydrogen (secondary N) is 1. The minimum atomic E-state index is -2.37. The van der Waals surface area contributed by atoms with Gasteiger partial charge in [0.2, 0.25) is 0 Å². The van der Waals surface area contributed by atoms with E-state index in [0.717, 1.165) is 23.4 Å². The molecule has 0 aromatic carbocycles. The summed E-state index contributed by atoms with van der Waals surface area (Å²) < 4.78 is 29.1. The Hall–Kier alpha value is -2.56. The first kappa shape index (κ1) is 19.4. The lowest BCUT2D eigenvalue weighted by molar-refractivity contribution is 0.0986. The van der Waals surface area contributed by atoms with Crippen LogP contribution in [0.1, 0.15) is 6.92 Å². The summed E-state index contributed by atoms with van der Waals surface area (Å²) >= 11 is 0. The average Bonchev–Trinajstić information content (AvgIpc) is 3.28. The lowest BCUT2D eigenvalue weighted by Gasteiger charge is -2.34. The van der Waals surface area contributed by atoms with Gasteiger partial charge in [-0.15, -0.1) is 0 Å². The van der Waals surface area contributed by atoms with Crippen LogP contribution in [0.4, 0.5) is 11.5 Å². The van der Waals surface area contributed by atoms with E-state index in [1.165, 1.54) is 0 Å². The quantitative estimate of drug-likeness (QED) is 0.683. The van der Waals surface area contributed by atoms with Gasteiger partial charge in [-0.05, 0) is 19.1 Å². The van der Waals surface area contributed by atoms with Gasteiger partial charge in [-0.25, -0.2) is 9.19 Å². The SMILES string of the molecule is C[C@@H]1COCCN1c1cc(N=S2(=O)CCOCC2)c2ccnc(-c3ccn[nH]3)c2n1. The summed E-state index contributed by atoms with van der Waals surface area (Å²) in [4.78, 5) is 11.7. The summed E-state index contributed by atoms with van der Waals surface area (Å²) in [5.41, 5.74) is 2.88. The van der Waals surface area contributed by atoms with Gasteiger partial charge in [0, 0.05) is 30.4 Å². The molecule has 0 radical (unpaired) electrons. The lowest BCUT2D eigenvalue weighted by Crippen LogP contribution is -2.44. The van der Waals surface area contributed by atoms with Crippen molar-refractivity contribution in [3.8, 4) is 11.4 Å². The molecule has 9 nitrogen and oxygen atoms in total. The minimum absolute atomic E-state index is 0.181. The van der Waals surface area contributed by atoms with Crippen LogP contribution in [0.2, 0.25) is 0 Å². The Morgan fingerprint density at radius 2 is 2.07 bits per heavy atom. The summed E-state index contributed by atoms with van der Waals surface area (Å²) in [6.07, 6.45) is 3.42. The first-order valence-electron chi connectivity index (χ1n) is 10.1. The van der Waals surface area contributed by atoms with Crippen LogP contribution in [0, 0.1) is 0 Å². The van der Waals surface area contributed by atoms with E-state index in [9.17, 15) is 4.21 Å². The summed E-state index contributed by atoms with van der Waals surface area (Å²) in [6, 6.07) is 5.88. The van der Waals surface area contributed by atoms with Crippen molar-refractivity contribution in [2.24, 2.45) is 4.36 Å². The van der Waals surface area contributed by atoms with Crippen molar-refractivity contribution in [2.75, 3.05) is 49.4 Å². The second-order valence-corrected chi connectivity index (χ2v) is 10.1. The van der Waals surface area contributed by atoms with E-state index in [1.807, 2.05) is 18.2 Å². The third kappa shape index (κ3) is 3.66. The number of nitrogens with zero attached hydrogens (tertiary/aromatic N) is 5. The van der Waals surface area contributed by atoms with Crippen LogP contribution < -0.4 is 4.90 Å². The highest BCUT2D eigenvalue weighted by Crippen LogP contribution is 2.35. The van der Waals surface area contributed by atoms with E-state index < -0.39 is 9.73 Å². The van der Waals surface area contributed by atoms with Gasteiger partial charge >= 0.3 is 0 Å². The number of pyridine rings is 2. The van der Waals surface area contributed by atoms with Gasteiger partial charge in [-0.3, -0.25) is 10.1 Å². The Morgan fingerprint density at radius 1 is 1.20 bits per heavy atom. The highest BCUT2D eigenvalue weighted by Gasteiger charge is 2.24. The molecule has 3 aromatic rings. The van der Waals surface area contributed by atoms with E-state index >= 15 is 0 Å². The number of hydrogen-bond acceptors (Lipinski definition) is 8. The van der Waals surface area contributed by atoms with Crippen LogP contribution in [0.3, 0.4) is 0 Å². The Kier molecular flexibility index (Phi) is 5.13. The maximum absolute atomic E-state index is 13.4. The zero-order valence-electron chi connectivity index (χ0n) is 16.8. The van der Waals surface area contributed by atoms with Crippen LogP contribution in [0.25, 0.3) is 22.3 Å². The molecular formula is C20H24N6O3S. The molecule has 2 aliphatic rings. The number of rotatable bonds is 3. The molecule has 2 aliphatic heterocycles. The van der Waals surface area contributed by atoms with Crippen molar-refractivity contribution >= 4 is 32.1 Å². The molecule has 10 heteroatoms. The minimum Gasteiger partial charge on any atom is -0.379 e. The maximum atomic E-state index is 13.4. The van der Waals surface area contributed by atoms with Gasteiger partial charge < -0.3 is 14.4 Å². The lowest BCUT2D eigenvalue weighted by atomic mass is 10.1. The molecule has 2 fully saturated rings. The molecule has 2 saturated heterocycles. The molecule has 0 bridgehead atoms. The zero-order valence-corrected chi connectivity index (χ0v) is 17.6. The van der Waals surface area contributed by atoms with Gasteiger partial charge in [0.15, 0.2) is 0 Å². The van der Waals surface area contributed by atoms with Crippen molar-refractivity contribution < 1.29 is 13.7 Å². The second kappa shape index (κ2) is 7.93. The van der Waals surface area contributed by atoms with Crippen molar-refractivity contribution in [1.82, 2.24) is 20.2 Å². The Labute approximate surface area is 175 Å². The van der Waals surface area contributed by atoms with Gasteiger partial charge in [-0.2, -0.15) is 9.46 Å². The molecular weight excluding hydrogens is 404 g/mol. The highest BCUT2D eigenvalue weighted by molar-refractivity contribution is 7.93. The molecule has 0 amide bonds. The first-order valence-corrected chi connectivity index (χ1v) is 11.9. The van der Waals surface area contributed by atoms with Gasteiger partial charge in [-0.1, -0.05) is 0 Å². The summed E-state index contributed by atoms with van der Waals surface area (Å²) in [5.74, 6) is 1.68. The van der Waals surface area contributed by atoms with E-state index in [0.29, 0.717) is 54.8 Å². The number of anilines is 1. The van der Waals surface area contributed by atoms with Crippen molar-refractivity contribution in [3.63, 3.8) is 0 Å². The van der Waals surface area contributed by atoms with E-state index in [4.69, 9.17) is 18.8 Å². The largest absolute Gasteiger partial charge is 0.379 e. The number of fused-ring (bicyclic) bond motifs is 1. The van der Waals surface area contributed by atoms with Crippen molar-refractivity contribution in [3.05, 3.63) is 30.6 Å². The van der Waals surface area contributed by atoms with Gasteiger partial charge in [0.1, 0.15) is 17.0 Å². The van der Waals surface area contributed by atoms with Crippen LogP contribution in [0.5, 0.6) is 0 Å². The number of hydrogen-bond donors (Lipinski definition) is 1. The van der Waals surface area contributed by atoms with Crippen LogP contribution >= 0.6 is 0 Å². The fourth-order valence-corrected chi connectivity index (χ4v) is 5.50. The van der Waals surface area contributed by atoms with Crippen LogP contribution in [-0.4, -0.2) is 74.9 Å². The number of H-pyrrole nitrogens is 1. The molecule has 158 valence electrons. The molecule has 5 heterocycles. The van der Waals surface area contributed by atoms with E-state index in [-0.39, 0.29) is 6.04 Å². The fourth-order valence-electron chi connectivity index (χ4n) is 3.85. The molecule has 0 saturated carbocycles. The standard InChI is InChI=1S/C20H24N6O3S/c1-14-13-29-7-6-26(14)18-12-17(25-30(27)10-8-28-9-11-30)15-2-4-21-20(19(15)23-18)16-3-5-22-24-16/h2-5,12,14H,6-11,13H2,1H3,(H,22,24)/t14-/m1/s1. The Balaban J connectivity index is 1.74. The second-order valence-electron chi connectivity index (χ2n) is 7.53. The molecule has 30 heavy (non-hydrogen) atoms. The summed E-state index contributed by atoms with van der Waals surface area (Å²) in [6.45, 7) is 5.08. The maximum Gasteiger partial charge on any atom is 0.131 e. The summed E-state index contributed by atoms with van der Waals surface area (Å²) in [7, 11) is -2.37. The van der Waals surface area contributed by atoms with Gasteiger partial charge in [0.25, 0.3) is 0 Å². The Morgan fingerprint density at radius 3 is 2.83 bits per heavy atom. The topological polar surface area (TPSA) is 106 Å². The fraction of sp³-hybridized carbons (Fsp3) is 0.450. The number of aromatic amines is 1. The van der Waals surface area contributed by atoms with E-state index in [2.05, 4.69) is 27.0 Å². The Bertz CT molecular complexity index is 1160. The molecule has 0 aliphatic carbocycles. The highest BCUT2D eigenvalue weighted by atomic mass is 32.2. The van der Waals surface area contributed by atoms with Crippen LogP contribution in [-0.2, 0) is 19.2 Å².